The molecule has 7 nitrogen and oxygen atoms in total. The number of aliphatic imine (C=N–C) groups is 1. The van der Waals surface area contributed by atoms with Gasteiger partial charge in [0.15, 0.2) is 5.96 Å². The first-order valence-electron chi connectivity index (χ1n) is 2.56. The monoisotopic (exact) mass is 160 g/mol. The second-order valence-electron chi connectivity index (χ2n) is 1.70. The smallest absolute Gasteiger partial charge is 0.338 e. The van der Waals surface area contributed by atoms with E-state index in [1.165, 1.54) is 0 Å². The second-order valence-corrected chi connectivity index (χ2v) is 1.70. The number of carboxylic acids is 1. The fourth-order valence-electron chi connectivity index (χ4n) is 0.390. The van der Waals surface area contributed by atoms with Gasteiger partial charge >= 0.3 is 5.97 Å². The number of aliphatic carboxylic acids is 1. The van der Waals surface area contributed by atoms with Crippen LogP contribution in [0.5, 0.6) is 0 Å². The molecule has 62 valence electrons. The largest absolute Gasteiger partial charge is 0.479 e. The average molecular weight is 160 g/mol. The quantitative estimate of drug-likeness (QED) is 0.200. The molecular weight excluding hydrogens is 152 g/mol. The normalized spacial score (nSPS) is 11.6. The number of carbonyl (C=O) groups is 2. The first-order chi connectivity index (χ1) is 4.95. The highest BCUT2D eigenvalue weighted by Gasteiger charge is 2.22. The van der Waals surface area contributed by atoms with Crippen molar-refractivity contribution >= 4 is 17.8 Å². The Morgan fingerprint density at radius 2 is 1.73 bits per heavy atom. The summed E-state index contributed by atoms with van der Waals surface area (Å²) in [5.74, 6) is -3.08. The molecule has 0 saturated heterocycles. The van der Waals surface area contributed by atoms with Crippen LogP contribution in [0, 0.1) is 0 Å². The molecule has 0 aromatic carbocycles. The Bertz CT molecular complexity index is 193. The molecule has 1 amide bonds. The van der Waals surface area contributed by atoms with Crippen LogP contribution in [0.15, 0.2) is 4.99 Å². The van der Waals surface area contributed by atoms with E-state index in [2.05, 4.69) is 10.7 Å². The number of rotatable bonds is 3. The van der Waals surface area contributed by atoms with Crippen LogP contribution in [0.2, 0.25) is 0 Å². The van der Waals surface area contributed by atoms with Gasteiger partial charge in [-0.2, -0.15) is 0 Å². The molecule has 0 saturated carbocycles. The van der Waals surface area contributed by atoms with E-state index in [-0.39, 0.29) is 0 Å². The number of nitrogens with two attached hydrogens (primary N) is 3. The van der Waals surface area contributed by atoms with E-state index in [9.17, 15) is 9.59 Å². The van der Waals surface area contributed by atoms with E-state index < -0.39 is 23.9 Å². The van der Waals surface area contributed by atoms with Gasteiger partial charge in [0.25, 0.3) is 5.91 Å². The second kappa shape index (κ2) is 3.40. The van der Waals surface area contributed by atoms with Crippen molar-refractivity contribution in [3.8, 4) is 0 Å². The van der Waals surface area contributed by atoms with Crippen molar-refractivity contribution in [1.82, 2.24) is 0 Å². The minimum Gasteiger partial charge on any atom is -0.479 e. The molecule has 0 heterocycles. The first-order valence-corrected chi connectivity index (χ1v) is 2.56. The highest BCUT2D eigenvalue weighted by atomic mass is 16.4. The molecule has 0 bridgehead atoms. The predicted molar refractivity (Wildman–Crippen MR) is 36.4 cm³/mol. The fourth-order valence-corrected chi connectivity index (χ4v) is 0.390. The van der Waals surface area contributed by atoms with Gasteiger partial charge in [0, 0.05) is 0 Å². The summed E-state index contributed by atoms with van der Waals surface area (Å²) in [7, 11) is 0. The lowest BCUT2D eigenvalue weighted by molar-refractivity contribution is -0.141. The molecule has 0 aromatic rings. The molecule has 1 atom stereocenters. The lowest BCUT2D eigenvalue weighted by atomic mass is 10.3. The highest BCUT2D eigenvalue weighted by Crippen LogP contribution is 1.88. The minimum atomic E-state index is -1.69. The molecule has 0 radical (unpaired) electrons. The molecule has 0 fully saturated rings. The molecule has 1 unspecified atom stereocenters. The molecule has 0 aromatic heterocycles. The Hall–Kier alpha value is -1.79. The number of nitrogens with zero attached hydrogens (tertiary/aromatic N) is 1. The van der Waals surface area contributed by atoms with Gasteiger partial charge in [-0.25, -0.2) is 9.79 Å². The van der Waals surface area contributed by atoms with Crippen LogP contribution in [0.3, 0.4) is 0 Å². The number of hydrogen-bond donors (Lipinski definition) is 4. The maximum absolute atomic E-state index is 10.3. The van der Waals surface area contributed by atoms with E-state index in [1.807, 2.05) is 0 Å². The van der Waals surface area contributed by atoms with Crippen molar-refractivity contribution in [1.29, 1.82) is 0 Å². The zero-order valence-electron chi connectivity index (χ0n) is 5.52. The zero-order chi connectivity index (χ0) is 9.02. The van der Waals surface area contributed by atoms with Gasteiger partial charge in [0.05, 0.1) is 0 Å². The number of carbonyl (C=O) groups excluding carboxylic acids is 1. The summed E-state index contributed by atoms with van der Waals surface area (Å²) in [6.07, 6.45) is 0. The van der Waals surface area contributed by atoms with E-state index >= 15 is 0 Å². The Morgan fingerprint density at radius 1 is 1.27 bits per heavy atom. The molecule has 0 aliphatic rings. The van der Waals surface area contributed by atoms with E-state index in [1.54, 1.807) is 0 Å². The Morgan fingerprint density at radius 3 is 1.82 bits per heavy atom. The highest BCUT2D eigenvalue weighted by molar-refractivity contribution is 6.02. The summed E-state index contributed by atoms with van der Waals surface area (Å²) in [4.78, 5) is 23.5. The van der Waals surface area contributed by atoms with Crippen LogP contribution in [0.25, 0.3) is 0 Å². The summed E-state index contributed by atoms with van der Waals surface area (Å²) in [6, 6.07) is -1.69. The molecule has 11 heavy (non-hydrogen) atoms. The molecule has 0 aliphatic carbocycles. The Kier molecular flexibility index (Phi) is 2.84. The SMILES string of the molecule is NC(=O)C(N=C(N)N)C(=O)O. The molecule has 7 N–H and O–H groups in total. The minimum absolute atomic E-state index is 0.490. The maximum atomic E-state index is 10.3. The Balaban J connectivity index is 4.49. The van der Waals surface area contributed by atoms with Crippen LogP contribution >= 0.6 is 0 Å². The average Bonchev–Trinajstić information content (AvgIpc) is 1.81. The third-order valence-electron chi connectivity index (χ3n) is 0.782. The summed E-state index contributed by atoms with van der Waals surface area (Å²) < 4.78 is 0. The van der Waals surface area contributed by atoms with Gasteiger partial charge in [-0.15, -0.1) is 0 Å². The summed E-state index contributed by atoms with van der Waals surface area (Å²) >= 11 is 0. The van der Waals surface area contributed by atoms with E-state index in [0.29, 0.717) is 0 Å². The van der Waals surface area contributed by atoms with Gasteiger partial charge in [0.1, 0.15) is 0 Å². The zero-order valence-corrected chi connectivity index (χ0v) is 5.52. The third kappa shape index (κ3) is 3.04. The van der Waals surface area contributed by atoms with Crippen LogP contribution < -0.4 is 17.2 Å². The van der Waals surface area contributed by atoms with Crippen molar-refractivity contribution in [3.63, 3.8) is 0 Å². The van der Waals surface area contributed by atoms with E-state index in [4.69, 9.17) is 16.6 Å². The van der Waals surface area contributed by atoms with Gasteiger partial charge in [-0.3, -0.25) is 4.79 Å². The fraction of sp³-hybridized carbons (Fsp3) is 0.250. The third-order valence-corrected chi connectivity index (χ3v) is 0.782. The van der Waals surface area contributed by atoms with Gasteiger partial charge < -0.3 is 22.3 Å². The lowest BCUT2D eigenvalue weighted by Crippen LogP contribution is -2.37. The summed E-state index contributed by atoms with van der Waals surface area (Å²) in [5.41, 5.74) is 14.3. The van der Waals surface area contributed by atoms with Gasteiger partial charge in [-0.1, -0.05) is 0 Å². The number of carboxylic acid groups (broad SMARTS) is 1. The Labute approximate surface area is 61.9 Å². The summed E-state index contributed by atoms with van der Waals surface area (Å²) in [5, 5.41) is 8.27. The van der Waals surface area contributed by atoms with Crippen LogP contribution in [0.4, 0.5) is 0 Å². The molecule has 7 heteroatoms. The van der Waals surface area contributed by atoms with Crippen molar-refractivity contribution in [3.05, 3.63) is 0 Å². The standard InChI is InChI=1S/C4H8N4O3/c5-2(9)1(3(10)11)8-4(6)7/h1H,(H2,5,9)(H,10,11)(H4,6,7,8). The molecule has 0 aliphatic heterocycles. The van der Waals surface area contributed by atoms with Crippen LogP contribution in [0.1, 0.15) is 0 Å². The maximum Gasteiger partial charge on any atom is 0.338 e. The van der Waals surface area contributed by atoms with Crippen molar-refractivity contribution in [2.24, 2.45) is 22.2 Å². The van der Waals surface area contributed by atoms with Gasteiger partial charge in [-0.05, 0) is 0 Å². The van der Waals surface area contributed by atoms with Crippen LogP contribution in [-0.2, 0) is 9.59 Å². The number of hydrogen-bond acceptors (Lipinski definition) is 3. The number of primary amides is 1. The topological polar surface area (TPSA) is 145 Å². The molecule has 0 spiro atoms. The van der Waals surface area contributed by atoms with Crippen molar-refractivity contribution < 1.29 is 14.7 Å². The number of guanidine groups is 1. The predicted octanol–water partition coefficient (Wildman–Crippen LogP) is -2.80. The van der Waals surface area contributed by atoms with Gasteiger partial charge in [0.2, 0.25) is 6.04 Å². The van der Waals surface area contributed by atoms with Crippen molar-refractivity contribution in [2.75, 3.05) is 0 Å². The first kappa shape index (κ1) is 9.21. The summed E-state index contributed by atoms with van der Waals surface area (Å²) in [6.45, 7) is 0. The van der Waals surface area contributed by atoms with Crippen molar-refractivity contribution in [2.45, 2.75) is 6.04 Å². The molecule has 0 rings (SSSR count). The lowest BCUT2D eigenvalue weighted by Gasteiger charge is -2.01. The van der Waals surface area contributed by atoms with E-state index in [0.717, 1.165) is 0 Å². The van der Waals surface area contributed by atoms with Crippen LogP contribution in [-0.4, -0.2) is 29.0 Å². The number of amides is 1. The molecular formula is C4H8N4O3.